The van der Waals surface area contributed by atoms with Gasteiger partial charge in [-0.1, -0.05) is 45.0 Å². The maximum Gasteiger partial charge on any atom is 0.412 e. The summed E-state index contributed by atoms with van der Waals surface area (Å²) in [6, 6.07) is 15.4. The number of anilines is 2. The molecule has 188 valence electrons. The zero-order chi connectivity index (χ0) is 25.3. The van der Waals surface area contributed by atoms with Crippen LogP contribution in [0.4, 0.5) is 20.8 Å². The third-order valence-corrected chi connectivity index (χ3v) is 6.35. The van der Waals surface area contributed by atoms with Gasteiger partial charge < -0.3 is 19.5 Å². The van der Waals surface area contributed by atoms with Crippen molar-refractivity contribution in [3.05, 3.63) is 72.2 Å². The molecule has 1 aromatic heterocycles. The van der Waals surface area contributed by atoms with E-state index in [0.717, 1.165) is 0 Å². The molecule has 5 rings (SSSR count). The number of carbonyl (C=O) groups excluding carboxylic acids is 1. The number of carbonyl (C=O) groups is 1. The van der Waals surface area contributed by atoms with Gasteiger partial charge in [0.15, 0.2) is 6.10 Å². The van der Waals surface area contributed by atoms with Gasteiger partial charge in [-0.15, -0.1) is 0 Å². The highest BCUT2D eigenvalue weighted by Crippen LogP contribution is 2.31. The fourth-order valence-electron chi connectivity index (χ4n) is 4.43. The zero-order valence-corrected chi connectivity index (χ0v) is 20.4. The monoisotopic (exact) mass is 492 g/mol. The molecular weight excluding hydrogens is 463 g/mol. The lowest BCUT2D eigenvalue weighted by Crippen LogP contribution is -2.38. The normalized spacial score (nSPS) is 23.2. The van der Waals surface area contributed by atoms with Crippen LogP contribution < -0.4 is 10.6 Å². The number of rotatable bonds is 5. The van der Waals surface area contributed by atoms with Crippen molar-refractivity contribution < 1.29 is 23.4 Å². The van der Waals surface area contributed by atoms with E-state index in [1.54, 1.807) is 24.4 Å². The maximum absolute atomic E-state index is 13.6. The molecule has 0 bridgehead atoms. The Hall–Kier alpha value is -3.56. The van der Waals surface area contributed by atoms with Gasteiger partial charge >= 0.3 is 6.09 Å². The van der Waals surface area contributed by atoms with Gasteiger partial charge in [-0.3, -0.25) is 5.32 Å². The minimum absolute atomic E-state index is 0.0332. The van der Waals surface area contributed by atoms with E-state index in [-0.39, 0.29) is 30.0 Å². The Morgan fingerprint density at radius 2 is 1.83 bits per heavy atom. The lowest BCUT2D eigenvalue weighted by atomic mass is 9.87. The zero-order valence-electron chi connectivity index (χ0n) is 20.4. The van der Waals surface area contributed by atoms with Crippen LogP contribution >= 0.6 is 0 Å². The van der Waals surface area contributed by atoms with Crippen LogP contribution in [0.25, 0.3) is 11.3 Å². The van der Waals surface area contributed by atoms with Crippen molar-refractivity contribution in [3.63, 3.8) is 0 Å². The summed E-state index contributed by atoms with van der Waals surface area (Å²) in [6.45, 7) is 6.98. The first kappa shape index (κ1) is 24.1. The van der Waals surface area contributed by atoms with Crippen molar-refractivity contribution in [1.29, 1.82) is 0 Å². The second-order valence-electron chi connectivity index (χ2n) is 10.0. The van der Waals surface area contributed by atoms with E-state index in [9.17, 15) is 9.18 Å². The lowest BCUT2D eigenvalue weighted by molar-refractivity contribution is 0.00917. The summed E-state index contributed by atoms with van der Waals surface area (Å²) in [4.78, 5) is 21.3. The molecule has 1 amide bonds. The second kappa shape index (κ2) is 9.83. The topological polar surface area (TPSA) is 94.6 Å². The van der Waals surface area contributed by atoms with Crippen LogP contribution in [0.1, 0.15) is 26.3 Å². The van der Waals surface area contributed by atoms with Crippen molar-refractivity contribution in [3.8, 4) is 11.3 Å². The molecule has 2 aliphatic heterocycles. The highest BCUT2D eigenvalue weighted by Gasteiger charge is 2.49. The highest BCUT2D eigenvalue weighted by molar-refractivity contribution is 5.84. The van der Waals surface area contributed by atoms with Gasteiger partial charge in [-0.05, 0) is 41.3 Å². The molecule has 0 aliphatic carbocycles. The number of hydrogen-bond acceptors (Lipinski definition) is 7. The van der Waals surface area contributed by atoms with Gasteiger partial charge in [0.25, 0.3) is 0 Å². The van der Waals surface area contributed by atoms with E-state index in [4.69, 9.17) is 14.2 Å². The predicted molar refractivity (Wildman–Crippen MR) is 133 cm³/mol. The van der Waals surface area contributed by atoms with Crippen LogP contribution in [-0.4, -0.2) is 53.6 Å². The molecule has 4 atom stereocenters. The molecule has 9 heteroatoms. The predicted octanol–water partition coefficient (Wildman–Crippen LogP) is 4.78. The minimum Gasteiger partial charge on any atom is -0.441 e. The molecule has 2 fully saturated rings. The summed E-state index contributed by atoms with van der Waals surface area (Å²) < 4.78 is 31.0. The number of halogens is 1. The third kappa shape index (κ3) is 5.32. The third-order valence-electron chi connectivity index (χ3n) is 6.35. The van der Waals surface area contributed by atoms with Gasteiger partial charge in [0, 0.05) is 17.4 Å². The van der Waals surface area contributed by atoms with Crippen molar-refractivity contribution in [1.82, 2.24) is 9.97 Å². The molecule has 3 aromatic rings. The van der Waals surface area contributed by atoms with Crippen LogP contribution in [0, 0.1) is 5.82 Å². The summed E-state index contributed by atoms with van der Waals surface area (Å²) in [5.74, 6) is 0.0550. The Bertz CT molecular complexity index is 1230. The van der Waals surface area contributed by atoms with Crippen molar-refractivity contribution in [2.45, 2.75) is 50.5 Å². The Labute approximate surface area is 209 Å². The number of hydrogen-bond donors (Lipinski definition) is 2. The second-order valence-corrected chi connectivity index (χ2v) is 10.0. The molecule has 4 unspecified atom stereocenters. The number of nitrogens with zero attached hydrogens (tertiary/aromatic N) is 2. The van der Waals surface area contributed by atoms with E-state index < -0.39 is 18.3 Å². The number of amides is 1. The van der Waals surface area contributed by atoms with Crippen LogP contribution in [0.5, 0.6) is 0 Å². The molecule has 8 nitrogen and oxygen atoms in total. The van der Waals surface area contributed by atoms with Gasteiger partial charge in [-0.2, -0.15) is 0 Å². The SMILES string of the molecule is CC(C)(C)c1ccc(NC(=O)OC2COC3C(Nc4nccc(-c5cccc(F)c5)n4)COC23)cc1. The van der Waals surface area contributed by atoms with E-state index in [1.165, 1.54) is 17.7 Å². The average Bonchev–Trinajstić information content (AvgIpc) is 3.42. The fourth-order valence-corrected chi connectivity index (χ4v) is 4.43. The average molecular weight is 493 g/mol. The summed E-state index contributed by atoms with van der Waals surface area (Å²) >= 11 is 0. The molecule has 2 aromatic carbocycles. The first-order chi connectivity index (χ1) is 17.3. The minimum atomic E-state index is -0.557. The van der Waals surface area contributed by atoms with Gasteiger partial charge in [-0.25, -0.2) is 19.2 Å². The van der Waals surface area contributed by atoms with Gasteiger partial charge in [0.05, 0.1) is 24.9 Å². The number of fused-ring (bicyclic) bond motifs is 1. The van der Waals surface area contributed by atoms with E-state index in [1.807, 2.05) is 24.3 Å². The number of nitrogens with one attached hydrogen (secondary N) is 2. The Kier molecular flexibility index (Phi) is 6.59. The summed E-state index contributed by atoms with van der Waals surface area (Å²) in [6.07, 6.45) is -0.199. The highest BCUT2D eigenvalue weighted by atomic mass is 19.1. The summed E-state index contributed by atoms with van der Waals surface area (Å²) in [5.41, 5.74) is 3.13. The Balaban J connectivity index is 1.17. The van der Waals surface area contributed by atoms with Gasteiger partial charge in [0.2, 0.25) is 5.95 Å². The van der Waals surface area contributed by atoms with Crippen molar-refractivity contribution in [2.24, 2.45) is 0 Å². The largest absolute Gasteiger partial charge is 0.441 e. The maximum atomic E-state index is 13.6. The first-order valence-corrected chi connectivity index (χ1v) is 11.9. The molecule has 0 spiro atoms. The van der Waals surface area contributed by atoms with Crippen LogP contribution in [0.2, 0.25) is 0 Å². The smallest absolute Gasteiger partial charge is 0.412 e. The summed E-state index contributed by atoms with van der Waals surface area (Å²) in [7, 11) is 0. The standard InChI is InChI=1S/C27H29FN4O4/c1-27(2,3)17-7-9-19(10-8-17)30-26(33)36-22-15-35-23-21(14-34-24(22)23)32-25-29-12-11-20(31-25)16-5-4-6-18(28)13-16/h4-13,21-24H,14-15H2,1-3H3,(H,30,33)(H,29,31,32). The van der Waals surface area contributed by atoms with Crippen molar-refractivity contribution >= 4 is 17.7 Å². The molecule has 2 aliphatic rings. The Morgan fingerprint density at radius 3 is 2.58 bits per heavy atom. The number of aromatic nitrogens is 2. The first-order valence-electron chi connectivity index (χ1n) is 11.9. The van der Waals surface area contributed by atoms with Crippen molar-refractivity contribution in [2.75, 3.05) is 23.8 Å². The summed E-state index contributed by atoms with van der Waals surface area (Å²) in [5, 5.41) is 6.02. The molecule has 2 N–H and O–H groups in total. The van der Waals surface area contributed by atoms with Crippen LogP contribution in [0.3, 0.4) is 0 Å². The molecular formula is C27H29FN4O4. The Morgan fingerprint density at radius 1 is 1.06 bits per heavy atom. The number of benzene rings is 2. The number of ether oxygens (including phenoxy) is 3. The van der Waals surface area contributed by atoms with E-state index >= 15 is 0 Å². The van der Waals surface area contributed by atoms with Gasteiger partial charge in [0.1, 0.15) is 18.0 Å². The molecule has 36 heavy (non-hydrogen) atoms. The van der Waals surface area contributed by atoms with Crippen LogP contribution in [-0.2, 0) is 19.6 Å². The van der Waals surface area contributed by atoms with E-state index in [2.05, 4.69) is 41.4 Å². The molecule has 0 radical (unpaired) electrons. The molecule has 2 saturated heterocycles. The quantitative estimate of drug-likeness (QED) is 0.530. The van der Waals surface area contributed by atoms with E-state index in [0.29, 0.717) is 29.5 Å². The fraction of sp³-hybridized carbons (Fsp3) is 0.370. The lowest BCUT2D eigenvalue weighted by Gasteiger charge is -2.20. The van der Waals surface area contributed by atoms with Crippen LogP contribution in [0.15, 0.2) is 60.8 Å². The molecule has 3 heterocycles. The molecule has 0 saturated carbocycles.